The van der Waals surface area contributed by atoms with Crippen LogP contribution in [0.4, 0.5) is 0 Å². The molecule has 10 heteroatoms. The molecule has 0 heterocycles. The minimum Gasteiger partial charge on any atom is -0.307 e. The van der Waals surface area contributed by atoms with Crippen LogP contribution in [0, 0.1) is 14.4 Å². The summed E-state index contributed by atoms with van der Waals surface area (Å²) in [6.45, 7) is 142. The third-order valence-corrected chi connectivity index (χ3v) is 112. The van der Waals surface area contributed by atoms with Gasteiger partial charge in [0.15, 0.2) is 0 Å². The molecule has 0 aromatic carbocycles. The Bertz CT molecular complexity index is 1390. The van der Waals surface area contributed by atoms with Crippen molar-refractivity contribution in [2.75, 3.05) is 0 Å². The molecular weight excluding hydrogens is 1310 g/mol. The fourth-order valence-corrected chi connectivity index (χ4v) is 155. The van der Waals surface area contributed by atoms with Gasteiger partial charge in [-0.1, -0.05) is 596 Å². The van der Waals surface area contributed by atoms with Crippen LogP contribution >= 0.6 is 0 Å². The van der Waals surface area contributed by atoms with E-state index < -0.39 is 72.7 Å². The van der Waals surface area contributed by atoms with Gasteiger partial charge in [0.2, 0.25) is 0 Å². The van der Waals surface area contributed by atoms with Crippen molar-refractivity contribution < 1.29 is 17.4 Å². The maximum Gasteiger partial charge on any atom is 6.00 e. The topological polar surface area (TPSA) is 0 Å². The summed E-state index contributed by atoms with van der Waals surface area (Å²) in [6.07, 6.45) is 0. The van der Waals surface area contributed by atoms with Gasteiger partial charge in [0.05, 0.1) is 0 Å². The molecule has 94 heavy (non-hydrogen) atoms. The van der Waals surface area contributed by atoms with Crippen LogP contribution in [0.1, 0.15) is 374 Å². The Balaban J connectivity index is -0.000000643. The summed E-state index contributed by atoms with van der Waals surface area (Å²) < 4.78 is 0. The second-order valence-electron chi connectivity index (χ2n) is 40.7. The predicted octanol–water partition coefficient (Wildman–Crippen LogP) is 33.6. The van der Waals surface area contributed by atoms with Crippen molar-refractivity contribution in [1.29, 1.82) is 0 Å². The first kappa shape index (κ1) is 103. The van der Waals surface area contributed by atoms with Crippen LogP contribution in [0.3, 0.4) is 0 Å². The summed E-state index contributed by atoms with van der Waals surface area (Å²) in [5.74, 6) is 0. The van der Waals surface area contributed by atoms with E-state index in [4.69, 9.17) is 0 Å². The van der Waals surface area contributed by atoms with Crippen LogP contribution in [0.25, 0.3) is 0 Å². The molecule has 0 radical (unpaired) electrons. The van der Waals surface area contributed by atoms with Crippen LogP contribution < -0.4 is 0 Å². The average Bonchev–Trinajstić information content (AvgIpc) is 3.32. The summed E-state index contributed by atoms with van der Waals surface area (Å²) in [5, 5.41) is 0. The molecule has 0 saturated heterocycles. The van der Waals surface area contributed by atoms with Gasteiger partial charge in [0, 0.05) is 0 Å². The molecule has 0 aliphatic rings. The normalized spacial score (nSPS) is 14.9. The maximum atomic E-state index is 2.63. The van der Waals surface area contributed by atoms with Gasteiger partial charge in [0.1, 0.15) is 0 Å². The smallest absolute Gasteiger partial charge is 0.307 e. The minimum atomic E-state index is -1.76. The first-order chi connectivity index (χ1) is 41.6. The van der Waals surface area contributed by atoms with E-state index in [2.05, 4.69) is 388 Å². The zero-order valence-corrected chi connectivity index (χ0v) is 86.3. The van der Waals surface area contributed by atoms with E-state index in [0.29, 0.717) is 0 Å². The molecule has 0 amide bonds. The SMILES string of the molecule is CC(C)[Si]([C-]([Si](C(C)C)(C(C)C)C(C)C)[Si](C(C)C)(C(C)C)C(C)C)(C(C)C)C(C)C.CC(C)[Si]([C-]([Si](C(C)C)(C(C)C)C(C)C)[Si](C(C)C)(C(C)C)C(C)C)(C(C)C)C(C)C.CC(C)[Si]([C-]([Si](C(C)C)(C(C)C)C(C)C)[Si](C(C)C)(C(C)C)C(C)C)(C(C)C)C(C)C.[Cr+6]. The van der Waals surface area contributed by atoms with Crippen molar-refractivity contribution in [2.24, 2.45) is 0 Å². The van der Waals surface area contributed by atoms with Gasteiger partial charge < -0.3 is 14.4 Å². The van der Waals surface area contributed by atoms with Gasteiger partial charge in [-0.2, -0.15) is 0 Å². The van der Waals surface area contributed by atoms with E-state index in [-0.39, 0.29) is 17.4 Å². The number of rotatable bonds is 36. The van der Waals surface area contributed by atoms with Gasteiger partial charge in [0.25, 0.3) is 0 Å². The molecule has 0 aromatic heterocycles. The van der Waals surface area contributed by atoms with Crippen LogP contribution in [-0.4, -0.2) is 72.7 Å². The molecule has 0 rings (SSSR count). The fraction of sp³-hybridized carbons (Fsp3) is 0.964. The molecule has 564 valence electrons. The Morgan fingerprint density at radius 3 is 0.149 bits per heavy atom. The van der Waals surface area contributed by atoms with Crippen molar-refractivity contribution in [2.45, 2.75) is 523 Å². The second-order valence-corrected chi connectivity index (χ2v) is 97.7. The summed E-state index contributed by atoms with van der Waals surface area (Å²) in [5.41, 5.74) is 22.0. The van der Waals surface area contributed by atoms with E-state index in [9.17, 15) is 0 Å². The van der Waals surface area contributed by atoms with Crippen molar-refractivity contribution in [1.82, 2.24) is 0 Å². The second kappa shape index (κ2) is 39.7. The molecule has 0 aliphatic heterocycles. The van der Waals surface area contributed by atoms with Gasteiger partial charge in [-0.05, 0) is 0 Å². The van der Waals surface area contributed by atoms with E-state index in [1.165, 1.54) is 0 Å². The predicted molar refractivity (Wildman–Crippen MR) is 469 cm³/mol. The Morgan fingerprint density at radius 2 is 0.128 bits per heavy atom. The molecule has 0 nitrogen and oxygen atoms in total. The van der Waals surface area contributed by atoms with Crippen LogP contribution in [0.2, 0.25) is 150 Å². The molecule has 0 N–H and O–H groups in total. The van der Waals surface area contributed by atoms with Gasteiger partial charge >= 0.3 is 17.4 Å². The maximum absolute atomic E-state index is 2.63. The third kappa shape index (κ3) is 17.3. The first-order valence-corrected chi connectivity index (χ1v) is 61.3. The van der Waals surface area contributed by atoms with Gasteiger partial charge in [-0.25, -0.2) is 0 Å². The average molecular weight is 1500 g/mol. The zero-order chi connectivity index (χ0) is 75.8. The monoisotopic (exact) mass is 1500 g/mol. The fourth-order valence-electron chi connectivity index (χ4n) is 29.2. The first-order valence-electron chi connectivity index (χ1n) is 41.2. The summed E-state index contributed by atoms with van der Waals surface area (Å²) in [6, 6.07) is 0. The Labute approximate surface area is 622 Å². The number of hydrogen-bond donors (Lipinski definition) is 0. The summed E-state index contributed by atoms with van der Waals surface area (Å²) in [4.78, 5) is 7.06. The largest absolute Gasteiger partial charge is 6.00 e. The molecular formula is C84H189CrSi9+3. The number of hydrogen-bond acceptors (Lipinski definition) is 0. The van der Waals surface area contributed by atoms with Crippen molar-refractivity contribution in [3.63, 3.8) is 0 Å². The molecule has 0 bridgehead atoms. The molecule has 0 spiro atoms. The Hall–Kier alpha value is 2.48. The minimum absolute atomic E-state index is 0. The van der Waals surface area contributed by atoms with E-state index in [1.807, 2.05) is 0 Å². The van der Waals surface area contributed by atoms with E-state index in [1.54, 1.807) is 0 Å². The van der Waals surface area contributed by atoms with Gasteiger partial charge in [-0.15, -0.1) is 0 Å². The Morgan fingerprint density at radius 1 is 0.0957 bits per heavy atom. The molecule has 0 fully saturated rings. The van der Waals surface area contributed by atoms with Crippen LogP contribution in [-0.2, 0) is 17.4 Å². The summed E-state index contributed by atoms with van der Waals surface area (Å²) >= 11 is 0. The summed E-state index contributed by atoms with van der Waals surface area (Å²) in [7, 11) is -15.9. The molecule has 0 saturated carbocycles. The molecule has 0 aromatic rings. The molecule has 0 unspecified atom stereocenters. The van der Waals surface area contributed by atoms with Crippen molar-refractivity contribution >= 4 is 72.7 Å². The zero-order valence-electron chi connectivity index (χ0n) is 76.0. The van der Waals surface area contributed by atoms with Crippen molar-refractivity contribution in [3.8, 4) is 0 Å². The third-order valence-electron chi connectivity index (χ3n) is 29.7. The Kier molecular flexibility index (Phi) is 43.5. The van der Waals surface area contributed by atoms with Crippen LogP contribution in [0.15, 0.2) is 0 Å². The quantitative estimate of drug-likeness (QED) is 0.0433. The van der Waals surface area contributed by atoms with E-state index >= 15 is 0 Å². The standard InChI is InChI=1S/3C28H63Si3.Cr/c3*1-19(2)29(20(3)4,21(5)6)28(30(22(7)8,23(9)10)24(11)12)31(25(13)14,26(15)16)27(17)18;/h3*19-27H,1-18H3;/q3*-1;+6. The molecule has 0 atom stereocenters. The van der Waals surface area contributed by atoms with E-state index in [0.717, 1.165) is 150 Å². The van der Waals surface area contributed by atoms with Crippen molar-refractivity contribution in [3.05, 3.63) is 14.4 Å². The van der Waals surface area contributed by atoms with Crippen LogP contribution in [0.5, 0.6) is 0 Å². The molecule has 0 aliphatic carbocycles. The van der Waals surface area contributed by atoms with Gasteiger partial charge in [-0.3, -0.25) is 0 Å².